The molecule has 1 N–H and O–H groups in total. The average molecular weight is 320 g/mol. The molecule has 2 aromatic carbocycles. The fourth-order valence-electron chi connectivity index (χ4n) is 2.07. The first kappa shape index (κ1) is 16.2. The number of rotatable bonds is 6. The minimum Gasteiger partial charge on any atom is -0.497 e. The van der Waals surface area contributed by atoms with Crippen LogP contribution < -0.4 is 14.8 Å². The van der Waals surface area contributed by atoms with E-state index in [2.05, 4.69) is 5.32 Å². The molecule has 0 heterocycles. The van der Waals surface area contributed by atoms with Gasteiger partial charge in [-0.15, -0.1) is 0 Å². The lowest BCUT2D eigenvalue weighted by Gasteiger charge is -2.10. The van der Waals surface area contributed by atoms with Crippen LogP contribution in [0.5, 0.6) is 11.5 Å². The van der Waals surface area contributed by atoms with Gasteiger partial charge in [-0.1, -0.05) is 23.7 Å². The van der Waals surface area contributed by atoms with Gasteiger partial charge in [0.1, 0.15) is 11.5 Å². The molecule has 2 aromatic rings. The van der Waals surface area contributed by atoms with Crippen LogP contribution in [0.1, 0.15) is 11.1 Å². The molecular weight excluding hydrogens is 302 g/mol. The van der Waals surface area contributed by atoms with Gasteiger partial charge in [-0.3, -0.25) is 4.79 Å². The minimum absolute atomic E-state index is 0.0628. The summed E-state index contributed by atoms with van der Waals surface area (Å²) in [5, 5.41) is 3.48. The highest BCUT2D eigenvalue weighted by Crippen LogP contribution is 2.22. The van der Waals surface area contributed by atoms with Crippen molar-refractivity contribution in [1.82, 2.24) is 5.32 Å². The molecule has 4 nitrogen and oxygen atoms in total. The highest BCUT2D eigenvalue weighted by Gasteiger charge is 2.07. The van der Waals surface area contributed by atoms with Gasteiger partial charge in [-0.2, -0.15) is 0 Å². The molecule has 0 fully saturated rings. The van der Waals surface area contributed by atoms with E-state index in [1.165, 1.54) is 0 Å². The van der Waals surface area contributed by atoms with Crippen molar-refractivity contribution in [3.63, 3.8) is 0 Å². The van der Waals surface area contributed by atoms with Crippen LogP contribution in [0.4, 0.5) is 0 Å². The standard InChI is InChI=1S/C17H18ClNO3/c1-21-15-6-3-12(4-7-15)9-17(20)19-11-13-10-14(18)5-8-16(13)22-2/h3-8,10H,9,11H2,1-2H3,(H,19,20). The number of hydrogen-bond acceptors (Lipinski definition) is 3. The van der Waals surface area contributed by atoms with Crippen LogP contribution >= 0.6 is 11.6 Å². The SMILES string of the molecule is COc1ccc(CC(=O)NCc2cc(Cl)ccc2OC)cc1. The van der Waals surface area contributed by atoms with Crippen LogP contribution in [0.2, 0.25) is 5.02 Å². The maximum Gasteiger partial charge on any atom is 0.224 e. The van der Waals surface area contributed by atoms with Crippen LogP contribution in [0.25, 0.3) is 0 Å². The third-order valence-electron chi connectivity index (χ3n) is 3.24. The molecule has 22 heavy (non-hydrogen) atoms. The molecule has 0 aliphatic rings. The summed E-state index contributed by atoms with van der Waals surface area (Å²) in [5.74, 6) is 1.41. The second-order valence-electron chi connectivity index (χ2n) is 4.76. The van der Waals surface area contributed by atoms with Gasteiger partial charge in [0.15, 0.2) is 0 Å². The van der Waals surface area contributed by atoms with E-state index < -0.39 is 0 Å². The Morgan fingerprint density at radius 2 is 1.82 bits per heavy atom. The van der Waals surface area contributed by atoms with Crippen LogP contribution in [-0.4, -0.2) is 20.1 Å². The van der Waals surface area contributed by atoms with E-state index >= 15 is 0 Å². The third kappa shape index (κ3) is 4.40. The molecule has 0 radical (unpaired) electrons. The lowest BCUT2D eigenvalue weighted by Crippen LogP contribution is -2.24. The number of ether oxygens (including phenoxy) is 2. The molecule has 0 aromatic heterocycles. The fourth-order valence-corrected chi connectivity index (χ4v) is 2.27. The van der Waals surface area contributed by atoms with Crippen molar-refractivity contribution in [3.8, 4) is 11.5 Å². The Bertz CT molecular complexity index is 641. The van der Waals surface area contributed by atoms with Gasteiger partial charge in [-0.25, -0.2) is 0 Å². The van der Waals surface area contributed by atoms with Gasteiger partial charge in [-0.05, 0) is 35.9 Å². The van der Waals surface area contributed by atoms with Crippen molar-refractivity contribution in [2.75, 3.05) is 14.2 Å². The maximum atomic E-state index is 12.0. The zero-order chi connectivity index (χ0) is 15.9. The van der Waals surface area contributed by atoms with E-state index in [0.717, 1.165) is 16.9 Å². The monoisotopic (exact) mass is 319 g/mol. The lowest BCUT2D eigenvalue weighted by atomic mass is 10.1. The first-order chi connectivity index (χ1) is 10.6. The summed E-state index contributed by atoms with van der Waals surface area (Å²) in [4.78, 5) is 12.0. The Morgan fingerprint density at radius 3 is 2.45 bits per heavy atom. The van der Waals surface area contributed by atoms with Crippen molar-refractivity contribution in [3.05, 3.63) is 58.6 Å². The zero-order valence-corrected chi connectivity index (χ0v) is 13.3. The van der Waals surface area contributed by atoms with Crippen molar-refractivity contribution < 1.29 is 14.3 Å². The molecule has 0 atom stereocenters. The molecule has 0 spiro atoms. The number of amides is 1. The number of carbonyl (C=O) groups is 1. The molecule has 0 saturated heterocycles. The highest BCUT2D eigenvalue weighted by atomic mass is 35.5. The number of carbonyl (C=O) groups excluding carboxylic acids is 1. The van der Waals surface area contributed by atoms with Crippen molar-refractivity contribution in [2.45, 2.75) is 13.0 Å². The molecule has 0 bridgehead atoms. The molecule has 2 rings (SSSR count). The number of hydrogen-bond donors (Lipinski definition) is 1. The summed E-state index contributed by atoms with van der Waals surface area (Å²) < 4.78 is 10.3. The Morgan fingerprint density at radius 1 is 1.09 bits per heavy atom. The Kier molecular flexibility index (Phi) is 5.67. The molecular formula is C17H18ClNO3. The number of halogens is 1. The van der Waals surface area contributed by atoms with Crippen LogP contribution in [0, 0.1) is 0 Å². The predicted octanol–water partition coefficient (Wildman–Crippen LogP) is 3.22. The van der Waals surface area contributed by atoms with Gasteiger partial charge >= 0.3 is 0 Å². The van der Waals surface area contributed by atoms with E-state index in [-0.39, 0.29) is 5.91 Å². The van der Waals surface area contributed by atoms with E-state index in [1.807, 2.05) is 24.3 Å². The fraction of sp³-hybridized carbons (Fsp3) is 0.235. The topological polar surface area (TPSA) is 47.6 Å². The highest BCUT2D eigenvalue weighted by molar-refractivity contribution is 6.30. The zero-order valence-electron chi connectivity index (χ0n) is 12.6. The molecule has 1 amide bonds. The van der Waals surface area contributed by atoms with E-state index in [4.69, 9.17) is 21.1 Å². The molecule has 0 unspecified atom stereocenters. The number of nitrogens with one attached hydrogen (secondary N) is 1. The largest absolute Gasteiger partial charge is 0.497 e. The predicted molar refractivity (Wildman–Crippen MR) is 86.5 cm³/mol. The average Bonchev–Trinajstić information content (AvgIpc) is 2.54. The molecule has 5 heteroatoms. The molecule has 0 saturated carbocycles. The van der Waals surface area contributed by atoms with E-state index in [9.17, 15) is 4.79 Å². The Labute approximate surface area is 135 Å². The molecule has 0 aliphatic heterocycles. The first-order valence-electron chi connectivity index (χ1n) is 6.84. The van der Waals surface area contributed by atoms with Crippen molar-refractivity contribution in [1.29, 1.82) is 0 Å². The summed E-state index contributed by atoms with van der Waals surface area (Å²) in [6.07, 6.45) is 0.312. The summed E-state index contributed by atoms with van der Waals surface area (Å²) in [7, 11) is 3.20. The summed E-state index contributed by atoms with van der Waals surface area (Å²) >= 11 is 5.97. The summed E-state index contributed by atoms with van der Waals surface area (Å²) in [6.45, 7) is 0.374. The Balaban J connectivity index is 1.93. The molecule has 0 aliphatic carbocycles. The van der Waals surface area contributed by atoms with Crippen molar-refractivity contribution >= 4 is 17.5 Å². The van der Waals surface area contributed by atoms with Gasteiger partial charge in [0.25, 0.3) is 0 Å². The summed E-state index contributed by atoms with van der Waals surface area (Å²) in [5.41, 5.74) is 1.77. The van der Waals surface area contributed by atoms with Gasteiger partial charge in [0.2, 0.25) is 5.91 Å². The van der Waals surface area contributed by atoms with Gasteiger partial charge in [0.05, 0.1) is 20.6 Å². The summed E-state index contributed by atoms with van der Waals surface area (Å²) in [6, 6.07) is 12.7. The Hall–Kier alpha value is -2.20. The second kappa shape index (κ2) is 7.71. The normalized spacial score (nSPS) is 10.1. The van der Waals surface area contributed by atoms with Gasteiger partial charge in [0, 0.05) is 17.1 Å². The smallest absolute Gasteiger partial charge is 0.224 e. The maximum absolute atomic E-state index is 12.0. The van der Waals surface area contributed by atoms with Crippen LogP contribution in [0.15, 0.2) is 42.5 Å². The lowest BCUT2D eigenvalue weighted by molar-refractivity contribution is -0.120. The van der Waals surface area contributed by atoms with Crippen LogP contribution in [0.3, 0.4) is 0 Å². The quantitative estimate of drug-likeness (QED) is 0.889. The molecule has 116 valence electrons. The first-order valence-corrected chi connectivity index (χ1v) is 7.22. The number of methoxy groups -OCH3 is 2. The second-order valence-corrected chi connectivity index (χ2v) is 5.19. The third-order valence-corrected chi connectivity index (χ3v) is 3.48. The van der Waals surface area contributed by atoms with Gasteiger partial charge < -0.3 is 14.8 Å². The van der Waals surface area contributed by atoms with E-state index in [0.29, 0.717) is 23.7 Å². The van der Waals surface area contributed by atoms with Crippen LogP contribution in [-0.2, 0) is 17.8 Å². The number of benzene rings is 2. The van der Waals surface area contributed by atoms with Crippen molar-refractivity contribution in [2.24, 2.45) is 0 Å². The minimum atomic E-state index is -0.0628. The van der Waals surface area contributed by atoms with E-state index in [1.54, 1.807) is 32.4 Å².